The Balaban J connectivity index is 1.64. The Morgan fingerprint density at radius 1 is 1.24 bits per heavy atom. The van der Waals surface area contributed by atoms with Crippen LogP contribution in [0.5, 0.6) is 5.75 Å². The summed E-state index contributed by atoms with van der Waals surface area (Å²) in [6.45, 7) is 2.39. The van der Waals surface area contributed by atoms with Crippen LogP contribution >= 0.6 is 11.6 Å². The molecule has 0 aromatic heterocycles. The number of hydrogen-bond donors (Lipinski definition) is 1. The molecule has 130 valence electrons. The maximum atomic E-state index is 12.3. The number of anilines is 2. The average Bonchev–Trinajstić information content (AvgIpc) is 3.03. The number of hydrogen-bond acceptors (Lipinski definition) is 3. The third-order valence-electron chi connectivity index (χ3n) is 3.99. The Morgan fingerprint density at radius 3 is 2.68 bits per heavy atom. The van der Waals surface area contributed by atoms with Gasteiger partial charge in [-0.15, -0.1) is 0 Å². The molecule has 0 spiro atoms. The molecule has 0 radical (unpaired) electrons. The van der Waals surface area contributed by atoms with E-state index < -0.39 is 6.10 Å². The summed E-state index contributed by atoms with van der Waals surface area (Å²) in [6.07, 6.45) is 0.766. The molecule has 25 heavy (non-hydrogen) atoms. The van der Waals surface area contributed by atoms with Crippen LogP contribution in [-0.4, -0.2) is 24.5 Å². The number of benzene rings is 2. The van der Waals surface area contributed by atoms with Crippen molar-refractivity contribution in [1.82, 2.24) is 0 Å². The predicted octanol–water partition coefficient (Wildman–Crippen LogP) is 3.87. The van der Waals surface area contributed by atoms with Crippen LogP contribution in [0.3, 0.4) is 0 Å². The number of halogens is 1. The molecule has 1 aliphatic heterocycles. The zero-order chi connectivity index (χ0) is 17.8. The van der Waals surface area contributed by atoms with Crippen molar-refractivity contribution in [3.05, 3.63) is 53.6 Å². The van der Waals surface area contributed by atoms with Crippen molar-refractivity contribution in [2.75, 3.05) is 16.8 Å². The Morgan fingerprint density at radius 2 is 2.00 bits per heavy atom. The minimum Gasteiger partial charge on any atom is -0.481 e. The number of carbonyl (C=O) groups is 2. The third-order valence-corrected chi connectivity index (χ3v) is 4.25. The Kier molecular flexibility index (Phi) is 5.24. The van der Waals surface area contributed by atoms with Crippen LogP contribution in [-0.2, 0) is 9.59 Å². The van der Waals surface area contributed by atoms with Crippen molar-refractivity contribution in [2.45, 2.75) is 25.9 Å². The Bertz CT molecular complexity index is 776. The molecule has 0 unspecified atom stereocenters. The fourth-order valence-corrected chi connectivity index (χ4v) is 2.81. The summed E-state index contributed by atoms with van der Waals surface area (Å²) < 4.78 is 5.62. The fraction of sp³-hybridized carbons (Fsp3) is 0.263. The second-order valence-corrected chi connectivity index (χ2v) is 6.34. The molecule has 2 aromatic carbocycles. The zero-order valence-corrected chi connectivity index (χ0v) is 14.6. The number of rotatable bonds is 5. The highest BCUT2D eigenvalue weighted by molar-refractivity contribution is 6.30. The molecule has 5 nitrogen and oxygen atoms in total. The van der Waals surface area contributed by atoms with E-state index in [2.05, 4.69) is 5.32 Å². The first kappa shape index (κ1) is 17.3. The van der Waals surface area contributed by atoms with Crippen LogP contribution in [0.25, 0.3) is 0 Å². The van der Waals surface area contributed by atoms with Gasteiger partial charge < -0.3 is 15.0 Å². The summed E-state index contributed by atoms with van der Waals surface area (Å²) in [7, 11) is 0. The van der Waals surface area contributed by atoms with E-state index in [0.29, 0.717) is 29.4 Å². The zero-order valence-electron chi connectivity index (χ0n) is 13.9. The summed E-state index contributed by atoms with van der Waals surface area (Å²) in [6, 6.07) is 14.1. The molecule has 1 fully saturated rings. The second kappa shape index (κ2) is 7.57. The molecule has 1 atom stereocenters. The van der Waals surface area contributed by atoms with E-state index in [0.717, 1.165) is 12.1 Å². The lowest BCUT2D eigenvalue weighted by molar-refractivity contribution is -0.122. The van der Waals surface area contributed by atoms with Gasteiger partial charge in [0.2, 0.25) is 5.91 Å². The highest BCUT2D eigenvalue weighted by Crippen LogP contribution is 2.24. The van der Waals surface area contributed by atoms with Crippen molar-refractivity contribution in [3.63, 3.8) is 0 Å². The first-order valence-electron chi connectivity index (χ1n) is 8.16. The first-order chi connectivity index (χ1) is 12.0. The van der Waals surface area contributed by atoms with E-state index in [4.69, 9.17) is 16.3 Å². The van der Waals surface area contributed by atoms with Gasteiger partial charge in [0, 0.05) is 29.4 Å². The highest BCUT2D eigenvalue weighted by atomic mass is 35.5. The fourth-order valence-electron chi connectivity index (χ4n) is 2.69. The SMILES string of the molecule is C[C@H](Oc1ccc(Cl)cc1)C(=O)Nc1cccc(N2CCCC2=O)c1. The molecular weight excluding hydrogens is 340 g/mol. The number of amides is 2. The van der Waals surface area contributed by atoms with Crippen molar-refractivity contribution in [3.8, 4) is 5.75 Å². The maximum absolute atomic E-state index is 12.3. The van der Waals surface area contributed by atoms with Gasteiger partial charge >= 0.3 is 0 Å². The molecule has 0 bridgehead atoms. The van der Waals surface area contributed by atoms with Gasteiger partial charge in [-0.3, -0.25) is 9.59 Å². The maximum Gasteiger partial charge on any atom is 0.265 e. The van der Waals surface area contributed by atoms with Gasteiger partial charge in [0.1, 0.15) is 5.75 Å². The standard InChI is InChI=1S/C19H19ClN2O3/c1-13(25-17-9-7-14(20)8-10-17)19(24)21-15-4-2-5-16(12-15)22-11-3-6-18(22)23/h2,4-5,7-10,12-13H,3,6,11H2,1H3,(H,21,24)/t13-/m0/s1. The normalized spacial score (nSPS) is 15.1. The van der Waals surface area contributed by atoms with Gasteiger partial charge in [-0.05, 0) is 55.8 Å². The molecule has 1 N–H and O–H groups in total. The van der Waals surface area contributed by atoms with Gasteiger partial charge in [-0.2, -0.15) is 0 Å². The van der Waals surface area contributed by atoms with Crippen molar-refractivity contribution >= 4 is 34.8 Å². The summed E-state index contributed by atoms with van der Waals surface area (Å²) in [5.74, 6) is 0.422. The lowest BCUT2D eigenvalue weighted by Gasteiger charge is -2.18. The molecule has 6 heteroatoms. The minimum absolute atomic E-state index is 0.114. The topological polar surface area (TPSA) is 58.6 Å². The Hall–Kier alpha value is -2.53. The molecule has 2 aromatic rings. The number of ether oxygens (including phenoxy) is 1. The van der Waals surface area contributed by atoms with Crippen LogP contribution in [0, 0.1) is 0 Å². The van der Waals surface area contributed by atoms with Crippen molar-refractivity contribution < 1.29 is 14.3 Å². The van der Waals surface area contributed by atoms with Crippen LogP contribution < -0.4 is 15.0 Å². The second-order valence-electron chi connectivity index (χ2n) is 5.90. The molecule has 1 saturated heterocycles. The molecule has 0 saturated carbocycles. The monoisotopic (exact) mass is 358 g/mol. The van der Waals surface area contributed by atoms with Crippen LogP contribution in [0.4, 0.5) is 11.4 Å². The number of carbonyl (C=O) groups excluding carboxylic acids is 2. The minimum atomic E-state index is -0.668. The van der Waals surface area contributed by atoms with E-state index in [9.17, 15) is 9.59 Å². The first-order valence-corrected chi connectivity index (χ1v) is 8.54. The smallest absolute Gasteiger partial charge is 0.265 e. The van der Waals surface area contributed by atoms with Crippen molar-refractivity contribution in [1.29, 1.82) is 0 Å². The average molecular weight is 359 g/mol. The van der Waals surface area contributed by atoms with E-state index in [1.165, 1.54) is 0 Å². The number of nitrogens with zero attached hydrogens (tertiary/aromatic N) is 1. The third kappa shape index (κ3) is 4.31. The largest absolute Gasteiger partial charge is 0.481 e. The highest BCUT2D eigenvalue weighted by Gasteiger charge is 2.22. The molecule has 0 aliphatic carbocycles. The van der Waals surface area contributed by atoms with Crippen LogP contribution in [0.1, 0.15) is 19.8 Å². The predicted molar refractivity (Wildman–Crippen MR) is 98.2 cm³/mol. The quantitative estimate of drug-likeness (QED) is 0.882. The van der Waals surface area contributed by atoms with Gasteiger partial charge in [-0.1, -0.05) is 17.7 Å². The van der Waals surface area contributed by atoms with Crippen LogP contribution in [0.2, 0.25) is 5.02 Å². The number of nitrogens with one attached hydrogen (secondary N) is 1. The molecular formula is C19H19ClN2O3. The van der Waals surface area contributed by atoms with Crippen molar-refractivity contribution in [2.24, 2.45) is 0 Å². The molecule has 2 amide bonds. The summed E-state index contributed by atoms with van der Waals surface area (Å²) in [5.41, 5.74) is 1.43. The summed E-state index contributed by atoms with van der Waals surface area (Å²) in [5, 5.41) is 3.43. The molecule has 1 heterocycles. The van der Waals surface area contributed by atoms with E-state index in [1.807, 2.05) is 12.1 Å². The van der Waals surface area contributed by atoms with Gasteiger partial charge in [0.05, 0.1) is 0 Å². The lowest BCUT2D eigenvalue weighted by atomic mass is 10.2. The summed E-state index contributed by atoms with van der Waals surface area (Å²) in [4.78, 5) is 25.9. The van der Waals surface area contributed by atoms with E-state index in [1.54, 1.807) is 48.2 Å². The van der Waals surface area contributed by atoms with E-state index in [-0.39, 0.29) is 11.8 Å². The lowest BCUT2D eigenvalue weighted by Crippen LogP contribution is -2.30. The van der Waals surface area contributed by atoms with Gasteiger partial charge in [0.25, 0.3) is 5.91 Å². The molecule has 1 aliphatic rings. The molecule has 3 rings (SSSR count). The van der Waals surface area contributed by atoms with Gasteiger partial charge in [0.15, 0.2) is 6.10 Å². The van der Waals surface area contributed by atoms with Crippen LogP contribution in [0.15, 0.2) is 48.5 Å². The Labute approximate surface area is 151 Å². The van der Waals surface area contributed by atoms with Gasteiger partial charge in [-0.25, -0.2) is 0 Å². The summed E-state index contributed by atoms with van der Waals surface area (Å²) >= 11 is 5.83. The van der Waals surface area contributed by atoms with E-state index >= 15 is 0 Å².